The first-order valence-corrected chi connectivity index (χ1v) is 7.02. The number of nitrogens with one attached hydrogen (secondary N) is 2. The van der Waals surface area contributed by atoms with Gasteiger partial charge in [-0.3, -0.25) is 9.59 Å². The number of carbonyl (C=O) groups excluding carboxylic acids is 2. The molecule has 0 heterocycles. The Labute approximate surface area is 143 Å². The molecule has 0 aromatic heterocycles. The molecule has 0 saturated carbocycles. The van der Waals surface area contributed by atoms with Crippen LogP contribution in [0.25, 0.3) is 0 Å². The molecule has 2 amide bonds. The second kappa shape index (κ2) is 7.39. The minimum absolute atomic E-state index is 0.0282. The lowest BCUT2D eigenvalue weighted by molar-refractivity contribution is -0.126. The van der Waals surface area contributed by atoms with E-state index in [0.29, 0.717) is 6.07 Å². The van der Waals surface area contributed by atoms with E-state index in [4.69, 9.17) is 17.3 Å². The molecule has 0 aliphatic rings. The molecule has 0 spiro atoms. The van der Waals surface area contributed by atoms with Crippen LogP contribution in [0.3, 0.4) is 0 Å². The van der Waals surface area contributed by atoms with E-state index < -0.39 is 41.2 Å². The van der Waals surface area contributed by atoms with E-state index in [-0.39, 0.29) is 16.3 Å². The third kappa shape index (κ3) is 4.18. The smallest absolute Gasteiger partial charge is 0.315 e. The first kappa shape index (κ1) is 18.5. The number of carbonyl (C=O) groups is 2. The lowest BCUT2D eigenvalue weighted by atomic mass is 10.1. The SMILES string of the molecule is Nc1ccc(Cl)c(C(=O)Nc2ccc(F)c(NC(=O)C(F)F)c2F)c1. The maximum atomic E-state index is 14.2. The molecule has 132 valence electrons. The maximum absolute atomic E-state index is 14.2. The van der Waals surface area contributed by atoms with Crippen molar-refractivity contribution in [1.29, 1.82) is 0 Å². The fourth-order valence-corrected chi connectivity index (χ4v) is 2.05. The first-order valence-electron chi connectivity index (χ1n) is 6.64. The van der Waals surface area contributed by atoms with Crippen molar-refractivity contribution in [3.05, 3.63) is 52.6 Å². The summed E-state index contributed by atoms with van der Waals surface area (Å²) in [6, 6.07) is 5.58. The Bertz CT molecular complexity index is 846. The normalized spacial score (nSPS) is 10.6. The van der Waals surface area contributed by atoms with Crippen LogP contribution in [0.2, 0.25) is 5.02 Å². The van der Waals surface area contributed by atoms with Gasteiger partial charge < -0.3 is 16.4 Å². The van der Waals surface area contributed by atoms with Crippen LogP contribution in [0.1, 0.15) is 10.4 Å². The number of alkyl halides is 2. The van der Waals surface area contributed by atoms with E-state index >= 15 is 0 Å². The highest BCUT2D eigenvalue weighted by molar-refractivity contribution is 6.34. The number of rotatable bonds is 4. The molecule has 0 bridgehead atoms. The summed E-state index contributed by atoms with van der Waals surface area (Å²) in [5.41, 5.74) is 4.02. The van der Waals surface area contributed by atoms with Crippen molar-refractivity contribution in [3.63, 3.8) is 0 Å². The molecule has 5 nitrogen and oxygen atoms in total. The van der Waals surface area contributed by atoms with Crippen LogP contribution in [0.5, 0.6) is 0 Å². The summed E-state index contributed by atoms with van der Waals surface area (Å²) in [5, 5.41) is 3.55. The molecule has 10 heteroatoms. The zero-order chi connectivity index (χ0) is 18.7. The monoisotopic (exact) mass is 375 g/mol. The van der Waals surface area contributed by atoms with E-state index in [0.717, 1.165) is 6.07 Å². The fourth-order valence-electron chi connectivity index (χ4n) is 1.85. The minimum Gasteiger partial charge on any atom is -0.399 e. The van der Waals surface area contributed by atoms with Gasteiger partial charge >= 0.3 is 6.43 Å². The Kier molecular flexibility index (Phi) is 5.48. The van der Waals surface area contributed by atoms with Gasteiger partial charge in [-0.1, -0.05) is 11.6 Å². The Hall–Kier alpha value is -2.81. The zero-order valence-corrected chi connectivity index (χ0v) is 13.0. The molecule has 2 aromatic rings. The predicted molar refractivity (Wildman–Crippen MR) is 84.8 cm³/mol. The molecular formula is C15H10ClF4N3O2. The summed E-state index contributed by atoms with van der Waals surface area (Å²) < 4.78 is 52.3. The topological polar surface area (TPSA) is 84.2 Å². The van der Waals surface area contributed by atoms with E-state index in [1.54, 1.807) is 0 Å². The average Bonchev–Trinajstić information content (AvgIpc) is 2.55. The highest BCUT2D eigenvalue weighted by atomic mass is 35.5. The first-order chi connectivity index (χ1) is 11.7. The fraction of sp³-hybridized carbons (Fsp3) is 0.0667. The summed E-state index contributed by atoms with van der Waals surface area (Å²) in [6.07, 6.45) is -3.47. The van der Waals surface area contributed by atoms with Crippen molar-refractivity contribution >= 4 is 40.5 Å². The molecule has 0 fully saturated rings. The Morgan fingerprint density at radius 3 is 2.40 bits per heavy atom. The average molecular weight is 376 g/mol. The molecule has 0 saturated heterocycles. The number of amides is 2. The largest absolute Gasteiger partial charge is 0.399 e. The summed E-state index contributed by atoms with van der Waals surface area (Å²) in [7, 11) is 0. The molecule has 25 heavy (non-hydrogen) atoms. The van der Waals surface area contributed by atoms with Gasteiger partial charge in [0.15, 0.2) is 5.82 Å². The van der Waals surface area contributed by atoms with Gasteiger partial charge in [0.25, 0.3) is 11.8 Å². The van der Waals surface area contributed by atoms with Gasteiger partial charge in [0.05, 0.1) is 16.3 Å². The molecular weight excluding hydrogens is 366 g/mol. The van der Waals surface area contributed by atoms with Crippen LogP contribution in [0.15, 0.2) is 30.3 Å². The van der Waals surface area contributed by atoms with Gasteiger partial charge in [-0.15, -0.1) is 0 Å². The quantitative estimate of drug-likeness (QED) is 0.563. The van der Waals surface area contributed by atoms with Gasteiger partial charge in [0.1, 0.15) is 11.5 Å². The molecule has 2 aromatic carbocycles. The van der Waals surface area contributed by atoms with Crippen LogP contribution < -0.4 is 16.4 Å². The Balaban J connectivity index is 2.32. The highest BCUT2D eigenvalue weighted by Gasteiger charge is 2.22. The number of nitrogens with two attached hydrogens (primary N) is 1. The van der Waals surface area contributed by atoms with Crippen molar-refractivity contribution in [1.82, 2.24) is 0 Å². The number of nitrogen functional groups attached to an aromatic ring is 1. The Morgan fingerprint density at radius 2 is 1.76 bits per heavy atom. The summed E-state index contributed by atoms with van der Waals surface area (Å²) >= 11 is 5.85. The summed E-state index contributed by atoms with van der Waals surface area (Å²) in [4.78, 5) is 23.1. The van der Waals surface area contributed by atoms with Crippen molar-refractivity contribution < 1.29 is 27.2 Å². The lowest BCUT2D eigenvalue weighted by Crippen LogP contribution is -2.22. The predicted octanol–water partition coefficient (Wildman–Crippen LogP) is 3.66. The van der Waals surface area contributed by atoms with E-state index in [1.165, 1.54) is 23.5 Å². The zero-order valence-electron chi connectivity index (χ0n) is 12.2. The van der Waals surface area contributed by atoms with Crippen molar-refractivity contribution in [2.24, 2.45) is 0 Å². The van der Waals surface area contributed by atoms with Crippen LogP contribution in [0.4, 0.5) is 34.6 Å². The summed E-state index contributed by atoms with van der Waals surface area (Å²) in [6.45, 7) is 0. The van der Waals surface area contributed by atoms with Gasteiger partial charge in [-0.2, -0.15) is 8.78 Å². The van der Waals surface area contributed by atoms with E-state index in [9.17, 15) is 27.2 Å². The number of hydrogen-bond donors (Lipinski definition) is 3. The third-order valence-electron chi connectivity index (χ3n) is 3.02. The molecule has 0 radical (unpaired) electrons. The van der Waals surface area contributed by atoms with Crippen molar-refractivity contribution in [2.75, 3.05) is 16.4 Å². The van der Waals surface area contributed by atoms with E-state index in [1.807, 2.05) is 0 Å². The van der Waals surface area contributed by atoms with Gasteiger partial charge in [-0.05, 0) is 30.3 Å². The van der Waals surface area contributed by atoms with E-state index in [2.05, 4.69) is 5.32 Å². The maximum Gasteiger partial charge on any atom is 0.315 e. The second-order valence-corrected chi connectivity index (χ2v) is 5.17. The third-order valence-corrected chi connectivity index (χ3v) is 3.35. The van der Waals surface area contributed by atoms with Crippen LogP contribution in [-0.2, 0) is 4.79 Å². The molecule has 0 aliphatic carbocycles. The number of hydrogen-bond acceptors (Lipinski definition) is 3. The van der Waals surface area contributed by atoms with Gasteiger partial charge in [0, 0.05) is 5.69 Å². The standard InChI is InChI=1S/C15H10ClF4N3O2/c16-8-2-1-6(21)5-7(8)14(24)22-10-4-3-9(17)12(11(10)18)23-15(25)13(19)20/h1-5,13H,21H2,(H,22,24)(H,23,25). The second-order valence-electron chi connectivity index (χ2n) is 4.77. The minimum atomic E-state index is -3.47. The molecule has 0 aliphatic heterocycles. The van der Waals surface area contributed by atoms with Crippen LogP contribution in [-0.4, -0.2) is 18.2 Å². The number of anilines is 3. The molecule has 2 rings (SSSR count). The molecule has 0 unspecified atom stereocenters. The number of benzene rings is 2. The van der Waals surface area contributed by atoms with Crippen LogP contribution >= 0.6 is 11.6 Å². The molecule has 4 N–H and O–H groups in total. The Morgan fingerprint density at radius 1 is 1.08 bits per heavy atom. The van der Waals surface area contributed by atoms with Gasteiger partial charge in [-0.25, -0.2) is 8.78 Å². The summed E-state index contributed by atoms with van der Waals surface area (Å²) in [5.74, 6) is -5.47. The van der Waals surface area contributed by atoms with Crippen molar-refractivity contribution in [2.45, 2.75) is 6.43 Å². The highest BCUT2D eigenvalue weighted by Crippen LogP contribution is 2.27. The lowest BCUT2D eigenvalue weighted by Gasteiger charge is -2.12. The number of halogens is 5. The van der Waals surface area contributed by atoms with Crippen molar-refractivity contribution in [3.8, 4) is 0 Å². The van der Waals surface area contributed by atoms with Gasteiger partial charge in [0.2, 0.25) is 0 Å². The van der Waals surface area contributed by atoms with Crippen LogP contribution in [0, 0.1) is 11.6 Å². The molecule has 0 atom stereocenters.